The van der Waals surface area contributed by atoms with Crippen LogP contribution in [0.5, 0.6) is 0 Å². The van der Waals surface area contributed by atoms with Gasteiger partial charge in [-0.15, -0.1) is 0 Å². The number of aryl methyl sites for hydroxylation is 1. The number of carbonyl (C=O) groups excluding carboxylic acids is 1. The van der Waals surface area contributed by atoms with Crippen LogP contribution in [0.3, 0.4) is 0 Å². The van der Waals surface area contributed by atoms with Crippen molar-refractivity contribution in [3.05, 3.63) is 18.0 Å². The Balaban J connectivity index is 2.00. The molecule has 1 heterocycles. The topological polar surface area (TPSA) is 72.9 Å². The van der Waals surface area contributed by atoms with E-state index in [2.05, 4.69) is 10.4 Å². The summed E-state index contributed by atoms with van der Waals surface area (Å²) in [5.74, 6) is -0.0765. The summed E-state index contributed by atoms with van der Waals surface area (Å²) < 4.78 is 1.58. The largest absolute Gasteiger partial charge is 0.346 e. The molecule has 94 valence electrons. The molecule has 0 bridgehead atoms. The zero-order chi connectivity index (χ0) is 12.3. The van der Waals surface area contributed by atoms with Gasteiger partial charge in [-0.25, -0.2) is 0 Å². The summed E-state index contributed by atoms with van der Waals surface area (Å²) in [6.07, 6.45) is 7.12. The van der Waals surface area contributed by atoms with Gasteiger partial charge in [-0.2, -0.15) is 5.10 Å². The first kappa shape index (κ1) is 12.1. The van der Waals surface area contributed by atoms with Gasteiger partial charge in [0.25, 0.3) is 5.91 Å². The molecule has 17 heavy (non-hydrogen) atoms. The molecule has 1 aliphatic carbocycles. The molecule has 2 unspecified atom stereocenters. The van der Waals surface area contributed by atoms with Crippen LogP contribution in [-0.2, 0) is 7.05 Å². The smallest absolute Gasteiger partial charge is 0.269 e. The van der Waals surface area contributed by atoms with Crippen LogP contribution in [0.25, 0.3) is 0 Å². The van der Waals surface area contributed by atoms with Crippen molar-refractivity contribution in [2.45, 2.75) is 44.2 Å². The molecule has 2 rings (SSSR count). The zero-order valence-corrected chi connectivity index (χ0v) is 10.2. The Hall–Kier alpha value is -1.36. The van der Waals surface area contributed by atoms with Gasteiger partial charge in [0.05, 0.1) is 0 Å². The average Bonchev–Trinajstić information content (AvgIpc) is 2.63. The Bertz CT molecular complexity index is 388. The predicted molar refractivity (Wildman–Crippen MR) is 65.5 cm³/mol. The number of hydrogen-bond acceptors (Lipinski definition) is 3. The maximum absolute atomic E-state index is 12.0. The third-order valence-corrected chi connectivity index (χ3v) is 3.44. The van der Waals surface area contributed by atoms with E-state index in [9.17, 15) is 4.79 Å². The van der Waals surface area contributed by atoms with Crippen molar-refractivity contribution in [2.24, 2.45) is 12.8 Å². The highest BCUT2D eigenvalue weighted by Gasteiger charge is 2.23. The van der Waals surface area contributed by atoms with Crippen LogP contribution >= 0.6 is 0 Å². The van der Waals surface area contributed by atoms with Gasteiger partial charge in [0, 0.05) is 25.3 Å². The summed E-state index contributed by atoms with van der Waals surface area (Å²) in [4.78, 5) is 12.0. The van der Waals surface area contributed by atoms with E-state index in [0.717, 1.165) is 19.3 Å². The van der Waals surface area contributed by atoms with E-state index >= 15 is 0 Å². The number of nitrogens with two attached hydrogens (primary N) is 1. The van der Waals surface area contributed by atoms with Gasteiger partial charge in [0.2, 0.25) is 0 Å². The monoisotopic (exact) mass is 236 g/mol. The molecule has 2 atom stereocenters. The van der Waals surface area contributed by atoms with Crippen LogP contribution in [0, 0.1) is 0 Å². The second kappa shape index (κ2) is 5.31. The SMILES string of the molecule is Cn1nccc1C(=O)NC1CCCCCC1N. The molecule has 1 aliphatic rings. The highest BCUT2D eigenvalue weighted by atomic mass is 16.2. The maximum Gasteiger partial charge on any atom is 0.269 e. The highest BCUT2D eigenvalue weighted by molar-refractivity contribution is 5.92. The summed E-state index contributed by atoms with van der Waals surface area (Å²) in [6, 6.07) is 1.90. The van der Waals surface area contributed by atoms with Gasteiger partial charge >= 0.3 is 0 Å². The van der Waals surface area contributed by atoms with Gasteiger partial charge in [0.1, 0.15) is 5.69 Å². The normalized spacial score (nSPS) is 25.3. The number of nitrogens with one attached hydrogen (secondary N) is 1. The number of carbonyl (C=O) groups is 1. The molecule has 0 aromatic carbocycles. The molecule has 1 aromatic rings. The van der Waals surface area contributed by atoms with Crippen LogP contribution in [0.15, 0.2) is 12.3 Å². The quantitative estimate of drug-likeness (QED) is 0.746. The van der Waals surface area contributed by atoms with Crippen molar-refractivity contribution in [3.8, 4) is 0 Å². The molecule has 1 amide bonds. The molecule has 0 aliphatic heterocycles. The van der Waals surface area contributed by atoms with Crippen LogP contribution in [0.4, 0.5) is 0 Å². The lowest BCUT2D eigenvalue weighted by Crippen LogP contribution is -2.47. The summed E-state index contributed by atoms with van der Waals surface area (Å²) in [6.45, 7) is 0. The van der Waals surface area contributed by atoms with Crippen molar-refractivity contribution in [3.63, 3.8) is 0 Å². The predicted octanol–water partition coefficient (Wildman–Crippen LogP) is 0.810. The second-order valence-corrected chi connectivity index (χ2v) is 4.72. The number of nitrogens with zero attached hydrogens (tertiary/aromatic N) is 2. The van der Waals surface area contributed by atoms with Crippen molar-refractivity contribution in [1.82, 2.24) is 15.1 Å². The molecular formula is C12H20N4O. The first-order valence-electron chi connectivity index (χ1n) is 6.23. The third kappa shape index (κ3) is 2.85. The molecule has 1 aromatic heterocycles. The fraction of sp³-hybridized carbons (Fsp3) is 0.667. The molecule has 1 fully saturated rings. The van der Waals surface area contributed by atoms with Crippen molar-refractivity contribution in [2.75, 3.05) is 0 Å². The van der Waals surface area contributed by atoms with E-state index in [4.69, 9.17) is 5.73 Å². The van der Waals surface area contributed by atoms with E-state index in [-0.39, 0.29) is 18.0 Å². The Morgan fingerprint density at radius 2 is 2.24 bits per heavy atom. The minimum absolute atomic E-state index is 0.0765. The number of hydrogen-bond donors (Lipinski definition) is 2. The summed E-state index contributed by atoms with van der Waals surface area (Å²) in [5, 5.41) is 7.02. The Morgan fingerprint density at radius 3 is 2.94 bits per heavy atom. The van der Waals surface area contributed by atoms with Gasteiger partial charge in [-0.05, 0) is 18.9 Å². The molecule has 0 radical (unpaired) electrons. The zero-order valence-electron chi connectivity index (χ0n) is 10.2. The summed E-state index contributed by atoms with van der Waals surface area (Å²) in [7, 11) is 1.77. The summed E-state index contributed by atoms with van der Waals surface area (Å²) in [5.41, 5.74) is 6.67. The molecule has 0 saturated heterocycles. The van der Waals surface area contributed by atoms with E-state index in [1.54, 1.807) is 24.0 Å². The van der Waals surface area contributed by atoms with Gasteiger partial charge in [-0.3, -0.25) is 9.48 Å². The third-order valence-electron chi connectivity index (χ3n) is 3.44. The van der Waals surface area contributed by atoms with Crippen LogP contribution < -0.4 is 11.1 Å². The van der Waals surface area contributed by atoms with Crippen molar-refractivity contribution >= 4 is 5.91 Å². The molecule has 5 heteroatoms. The molecule has 0 spiro atoms. The first-order valence-corrected chi connectivity index (χ1v) is 6.23. The van der Waals surface area contributed by atoms with Crippen LogP contribution in [0.2, 0.25) is 0 Å². The highest BCUT2D eigenvalue weighted by Crippen LogP contribution is 2.17. The molecular weight excluding hydrogens is 216 g/mol. The van der Waals surface area contributed by atoms with Crippen LogP contribution in [0.1, 0.15) is 42.6 Å². The first-order chi connectivity index (χ1) is 8.18. The lowest BCUT2D eigenvalue weighted by atomic mass is 10.0. The Labute approximate surface area is 101 Å². The van der Waals surface area contributed by atoms with Gasteiger partial charge in [-0.1, -0.05) is 19.3 Å². The van der Waals surface area contributed by atoms with Crippen molar-refractivity contribution < 1.29 is 4.79 Å². The number of aromatic nitrogens is 2. The lowest BCUT2D eigenvalue weighted by molar-refractivity contribution is 0.0919. The fourth-order valence-corrected chi connectivity index (χ4v) is 2.35. The maximum atomic E-state index is 12.0. The van der Waals surface area contributed by atoms with E-state index in [1.165, 1.54) is 12.8 Å². The number of amides is 1. The van der Waals surface area contributed by atoms with E-state index in [1.807, 2.05) is 0 Å². The van der Waals surface area contributed by atoms with E-state index < -0.39 is 0 Å². The van der Waals surface area contributed by atoms with Crippen molar-refractivity contribution in [1.29, 1.82) is 0 Å². The standard InChI is InChI=1S/C12H20N4O/c1-16-11(7-8-14-16)12(17)15-10-6-4-2-3-5-9(10)13/h7-10H,2-6,13H2,1H3,(H,15,17). The Kier molecular flexibility index (Phi) is 3.78. The minimum atomic E-state index is -0.0765. The second-order valence-electron chi connectivity index (χ2n) is 4.72. The lowest BCUT2D eigenvalue weighted by Gasteiger charge is -2.22. The van der Waals surface area contributed by atoms with E-state index in [0.29, 0.717) is 5.69 Å². The Morgan fingerprint density at radius 1 is 1.47 bits per heavy atom. The van der Waals surface area contributed by atoms with Crippen LogP contribution in [-0.4, -0.2) is 27.8 Å². The molecule has 1 saturated carbocycles. The summed E-state index contributed by atoms with van der Waals surface area (Å²) >= 11 is 0. The minimum Gasteiger partial charge on any atom is -0.346 e. The average molecular weight is 236 g/mol. The fourth-order valence-electron chi connectivity index (χ4n) is 2.35. The number of rotatable bonds is 2. The molecule has 5 nitrogen and oxygen atoms in total. The van der Waals surface area contributed by atoms with Gasteiger partial charge < -0.3 is 11.1 Å². The molecule has 3 N–H and O–H groups in total. The van der Waals surface area contributed by atoms with Gasteiger partial charge in [0.15, 0.2) is 0 Å².